The van der Waals surface area contributed by atoms with Gasteiger partial charge in [0.2, 0.25) is 0 Å². The molecule has 0 spiro atoms. The molecule has 5 atom stereocenters. The van der Waals surface area contributed by atoms with Crippen LogP contribution in [0.3, 0.4) is 0 Å². The van der Waals surface area contributed by atoms with Crippen LogP contribution in [0.1, 0.15) is 53.4 Å². The number of fused-ring (bicyclic) bond motifs is 2. The Morgan fingerprint density at radius 1 is 0.978 bits per heavy atom. The minimum atomic E-state index is -1.02. The third-order valence-corrected chi connectivity index (χ3v) is 8.46. The van der Waals surface area contributed by atoms with Crippen molar-refractivity contribution in [2.45, 2.75) is 69.2 Å². The molecule has 2 aromatic carbocycles. The summed E-state index contributed by atoms with van der Waals surface area (Å²) in [6.45, 7) is 0.210. The molecule has 13 nitrogen and oxygen atoms in total. The lowest BCUT2D eigenvalue weighted by Crippen LogP contribution is -2.36. The van der Waals surface area contributed by atoms with Crippen molar-refractivity contribution >= 4 is 35.1 Å². The maximum absolute atomic E-state index is 12.7. The molecule has 2 aliphatic heterocycles. The maximum Gasteiger partial charge on any atom is 0.336 e. The van der Waals surface area contributed by atoms with E-state index in [-0.39, 0.29) is 36.7 Å². The van der Waals surface area contributed by atoms with Gasteiger partial charge in [-0.15, -0.1) is 0 Å². The summed E-state index contributed by atoms with van der Waals surface area (Å²) >= 11 is 0. The maximum atomic E-state index is 12.7. The van der Waals surface area contributed by atoms with Gasteiger partial charge in [-0.3, -0.25) is 9.88 Å². The summed E-state index contributed by atoms with van der Waals surface area (Å²) < 4.78 is 26.9. The number of aromatic nitrogens is 4. The Hall–Kier alpha value is -4.69. The number of anilines is 1. The van der Waals surface area contributed by atoms with E-state index in [1.807, 2.05) is 42.5 Å². The molecule has 3 fully saturated rings. The van der Waals surface area contributed by atoms with Gasteiger partial charge in [0.25, 0.3) is 0 Å². The zero-order valence-corrected chi connectivity index (χ0v) is 24.9. The zero-order valence-electron chi connectivity index (χ0n) is 24.9. The van der Waals surface area contributed by atoms with Crippen molar-refractivity contribution in [3.63, 3.8) is 0 Å². The number of carbonyl (C=O) groups excluding carboxylic acids is 1. The Bertz CT molecular complexity index is 1720. The molecule has 3 N–H and O–H groups in total. The summed E-state index contributed by atoms with van der Waals surface area (Å²) in [5, 5.41) is 15.4. The molecule has 0 radical (unpaired) electrons. The highest BCUT2D eigenvalue weighted by Crippen LogP contribution is 2.41. The number of ether oxygens (including phenoxy) is 4. The lowest BCUT2D eigenvalue weighted by atomic mass is 10.1. The van der Waals surface area contributed by atoms with Crippen molar-refractivity contribution in [2.24, 2.45) is 0 Å². The largest absolute Gasteiger partial charge is 0.478 e. The van der Waals surface area contributed by atoms with Gasteiger partial charge >= 0.3 is 12.0 Å². The van der Waals surface area contributed by atoms with Crippen molar-refractivity contribution in [2.75, 3.05) is 11.9 Å². The minimum absolute atomic E-state index is 0.0851. The second-order valence-corrected chi connectivity index (χ2v) is 11.5. The molecule has 3 aliphatic rings. The van der Waals surface area contributed by atoms with E-state index in [0.717, 1.165) is 31.2 Å². The molecule has 2 saturated heterocycles. The predicted molar refractivity (Wildman–Crippen MR) is 166 cm³/mol. The molecule has 1 unspecified atom stereocenters. The van der Waals surface area contributed by atoms with Crippen LogP contribution < -0.4 is 10.6 Å². The molecule has 1 aliphatic carbocycles. The number of carboxylic acids is 1. The van der Waals surface area contributed by atoms with Crippen LogP contribution >= 0.6 is 0 Å². The Balaban J connectivity index is 1.11. The Kier molecular flexibility index (Phi) is 8.70. The van der Waals surface area contributed by atoms with Crippen LogP contribution in [0.15, 0.2) is 73.3 Å². The number of rotatable bonds is 10. The van der Waals surface area contributed by atoms with Gasteiger partial charge in [0.15, 0.2) is 29.5 Å². The molecule has 46 heavy (non-hydrogen) atoms. The van der Waals surface area contributed by atoms with E-state index in [2.05, 4.69) is 25.6 Å². The summed E-state index contributed by atoms with van der Waals surface area (Å²) in [5.74, 6) is -0.728. The van der Waals surface area contributed by atoms with Crippen LogP contribution in [0.2, 0.25) is 0 Å². The van der Waals surface area contributed by atoms with Gasteiger partial charge in [-0.25, -0.2) is 24.5 Å². The van der Waals surface area contributed by atoms with Gasteiger partial charge in [0, 0.05) is 6.04 Å². The van der Waals surface area contributed by atoms with Gasteiger partial charge in [-0.05, 0) is 36.1 Å². The van der Waals surface area contributed by atoms with E-state index >= 15 is 0 Å². The van der Waals surface area contributed by atoms with Crippen LogP contribution in [0.5, 0.6) is 0 Å². The number of nitrogens with one attached hydrogen (secondary N) is 2. The van der Waals surface area contributed by atoms with E-state index in [4.69, 9.17) is 18.9 Å². The zero-order chi connectivity index (χ0) is 31.5. The molecule has 4 aromatic rings. The first-order valence-electron chi connectivity index (χ1n) is 15.4. The van der Waals surface area contributed by atoms with E-state index in [9.17, 15) is 14.7 Å². The normalized spacial score (nSPS) is 24.5. The minimum Gasteiger partial charge on any atom is -0.478 e. The Morgan fingerprint density at radius 3 is 2.59 bits per heavy atom. The van der Waals surface area contributed by atoms with Crippen molar-refractivity contribution in [3.8, 4) is 0 Å². The molecule has 1 saturated carbocycles. The van der Waals surface area contributed by atoms with E-state index < -0.39 is 36.8 Å². The lowest BCUT2D eigenvalue weighted by Gasteiger charge is -2.20. The fourth-order valence-corrected chi connectivity index (χ4v) is 6.23. The van der Waals surface area contributed by atoms with Crippen LogP contribution in [0.4, 0.5) is 10.6 Å². The molecule has 2 amide bonds. The first-order valence-corrected chi connectivity index (χ1v) is 15.4. The van der Waals surface area contributed by atoms with Crippen molar-refractivity contribution in [1.29, 1.82) is 0 Å². The van der Waals surface area contributed by atoms with Gasteiger partial charge in [-0.2, -0.15) is 0 Å². The summed E-state index contributed by atoms with van der Waals surface area (Å²) in [5.41, 5.74) is 2.61. The molecule has 2 aromatic heterocycles. The Morgan fingerprint density at radius 2 is 1.76 bits per heavy atom. The number of hydrogen-bond acceptors (Lipinski definition) is 9. The average Bonchev–Trinajstić information content (AvgIpc) is 3.87. The fraction of sp³-hybridized carbons (Fsp3) is 0.364. The van der Waals surface area contributed by atoms with Crippen LogP contribution in [-0.4, -0.2) is 73.9 Å². The molecule has 13 heteroatoms. The van der Waals surface area contributed by atoms with E-state index in [1.165, 1.54) is 6.33 Å². The number of amides is 2. The third-order valence-electron chi connectivity index (χ3n) is 8.46. The molecule has 4 heterocycles. The molecular weight excluding hydrogens is 592 g/mol. The van der Waals surface area contributed by atoms with E-state index in [0.29, 0.717) is 16.7 Å². The first-order chi connectivity index (χ1) is 22.5. The van der Waals surface area contributed by atoms with Gasteiger partial charge in [0.1, 0.15) is 24.6 Å². The number of carbonyl (C=O) groups is 2. The number of aromatic carboxylic acids is 1. The van der Waals surface area contributed by atoms with Crippen molar-refractivity contribution in [1.82, 2.24) is 24.8 Å². The highest BCUT2D eigenvalue weighted by Gasteiger charge is 2.53. The smallest absolute Gasteiger partial charge is 0.336 e. The molecular formula is C33H34N6O7. The standard InChI is InChI=1S/C33H34N6O7/c40-32(41)23-13-7-4-10-21(23)16-43-17-24-27-28(46-25(45-27)15-14-20-8-2-1-3-9-20)31(44-24)39-19-36-26-29(34-18-35-30(26)39)38-33(42)37-22-11-5-6-12-22/h1-4,7-10,13-15,18-19,22,24-25,27-28,31H,5-6,11-12,16-17H2,(H,40,41)(H2,34,35,37,38,42)/b15-14+/t24-,25+,27?,28+,31-/m1/s1. The fourth-order valence-electron chi connectivity index (χ4n) is 6.23. The highest BCUT2D eigenvalue weighted by atomic mass is 16.8. The summed E-state index contributed by atoms with van der Waals surface area (Å²) in [4.78, 5) is 37.6. The second kappa shape index (κ2) is 13.3. The van der Waals surface area contributed by atoms with Gasteiger partial charge < -0.3 is 29.4 Å². The summed E-state index contributed by atoms with van der Waals surface area (Å²) in [7, 11) is 0. The number of urea groups is 1. The number of nitrogens with zero attached hydrogens (tertiary/aromatic N) is 4. The molecule has 238 valence electrons. The topological polar surface area (TPSA) is 159 Å². The second-order valence-electron chi connectivity index (χ2n) is 11.5. The molecule has 0 bridgehead atoms. The van der Waals surface area contributed by atoms with Gasteiger partial charge in [0.05, 0.1) is 25.1 Å². The first kappa shape index (κ1) is 30.0. The highest BCUT2D eigenvalue weighted by molar-refractivity contribution is 5.96. The van der Waals surface area contributed by atoms with Crippen LogP contribution in [0, 0.1) is 0 Å². The van der Waals surface area contributed by atoms with Crippen LogP contribution in [0.25, 0.3) is 17.2 Å². The average molecular weight is 627 g/mol. The monoisotopic (exact) mass is 626 g/mol. The number of hydrogen-bond donors (Lipinski definition) is 3. The van der Waals surface area contributed by atoms with E-state index in [1.54, 1.807) is 35.2 Å². The molecule has 7 rings (SSSR count). The summed E-state index contributed by atoms with van der Waals surface area (Å²) in [6, 6.07) is 16.4. The summed E-state index contributed by atoms with van der Waals surface area (Å²) in [6.07, 6.45) is 7.97. The predicted octanol–water partition coefficient (Wildman–Crippen LogP) is 4.53. The quantitative estimate of drug-likeness (QED) is 0.228. The lowest BCUT2D eigenvalue weighted by molar-refractivity contribution is -0.139. The van der Waals surface area contributed by atoms with Crippen molar-refractivity contribution < 1.29 is 33.6 Å². The number of carboxylic acid groups (broad SMARTS) is 1. The van der Waals surface area contributed by atoms with Crippen molar-refractivity contribution in [3.05, 3.63) is 90.0 Å². The number of imidazole rings is 1. The SMILES string of the molecule is O=C(Nc1ncnc2c1ncn2[C@@H]1O[C@H](COCc2ccccc2C(=O)O)C2O[C@H](/C=C/c3ccccc3)O[C@@H]21)NC1CCCC1. The van der Waals surface area contributed by atoms with Crippen LogP contribution in [-0.2, 0) is 25.6 Å². The number of benzene rings is 2. The Labute approximate surface area is 264 Å². The van der Waals surface area contributed by atoms with Gasteiger partial charge in [-0.1, -0.05) is 67.4 Å². The third kappa shape index (κ3) is 6.35.